The maximum Gasteiger partial charge on any atom is 0.228 e. The van der Waals surface area contributed by atoms with E-state index in [9.17, 15) is 4.39 Å². The van der Waals surface area contributed by atoms with Crippen LogP contribution in [-0.4, -0.2) is 62.0 Å². The molecule has 1 aromatic carbocycles. The molecule has 0 unspecified atom stereocenters. The van der Waals surface area contributed by atoms with E-state index in [0.29, 0.717) is 23.2 Å². The summed E-state index contributed by atoms with van der Waals surface area (Å²) in [5.41, 5.74) is -0.260. The first-order valence-corrected chi connectivity index (χ1v) is 12.5. The minimum absolute atomic E-state index is 0.0141. The van der Waals surface area contributed by atoms with Gasteiger partial charge >= 0.3 is 0 Å². The molecule has 10 nitrogen and oxygen atoms in total. The first-order valence-electron chi connectivity index (χ1n) is 12.5. The minimum atomic E-state index is -0.908. The summed E-state index contributed by atoms with van der Waals surface area (Å²) in [6, 6.07) is 3.40. The van der Waals surface area contributed by atoms with E-state index in [1.807, 2.05) is 0 Å². The Morgan fingerprint density at radius 1 is 1.27 bits per heavy atom. The molecule has 4 heterocycles. The van der Waals surface area contributed by atoms with Gasteiger partial charge in [-0.2, -0.15) is 9.67 Å². The number of fused-ring (bicyclic) bond motifs is 4. The van der Waals surface area contributed by atoms with Gasteiger partial charge in [0.05, 0.1) is 0 Å². The van der Waals surface area contributed by atoms with Crippen LogP contribution in [0, 0.1) is 5.82 Å². The lowest BCUT2D eigenvalue weighted by Crippen LogP contribution is -2.56. The van der Waals surface area contributed by atoms with E-state index in [4.69, 9.17) is 4.74 Å². The second-order valence-corrected chi connectivity index (χ2v) is 11.0. The Morgan fingerprint density at radius 2 is 2.05 bits per heavy atom. The van der Waals surface area contributed by atoms with Crippen molar-refractivity contribution < 1.29 is 13.5 Å². The molecule has 0 spiro atoms. The second kappa shape index (κ2) is 9.16. The van der Waals surface area contributed by atoms with E-state index in [1.165, 1.54) is 24.1 Å². The van der Waals surface area contributed by atoms with E-state index >= 15 is 4.39 Å². The fourth-order valence-corrected chi connectivity index (χ4v) is 5.79. The molecule has 3 aliphatic heterocycles. The summed E-state index contributed by atoms with van der Waals surface area (Å²) in [5.74, 6) is -0.521. The zero-order valence-electron chi connectivity index (χ0n) is 21.8. The number of anilines is 1. The smallest absolute Gasteiger partial charge is 0.228 e. The van der Waals surface area contributed by atoms with Gasteiger partial charge in [0, 0.05) is 29.4 Å². The fourth-order valence-electron chi connectivity index (χ4n) is 5.79. The van der Waals surface area contributed by atoms with Crippen LogP contribution >= 0.6 is 0 Å². The van der Waals surface area contributed by atoms with Gasteiger partial charge in [-0.3, -0.25) is 4.90 Å². The van der Waals surface area contributed by atoms with Gasteiger partial charge in [-0.05, 0) is 90.1 Å². The molecule has 2 saturated heterocycles. The van der Waals surface area contributed by atoms with E-state index in [1.54, 1.807) is 19.9 Å². The third kappa shape index (κ3) is 4.70. The predicted molar refractivity (Wildman–Crippen MR) is 137 cm³/mol. The Labute approximate surface area is 214 Å². The highest BCUT2D eigenvalue weighted by atomic mass is 19.1. The number of piperidine rings is 1. The molecule has 2 N–H and O–H groups in total. The molecule has 0 bridgehead atoms. The maximum absolute atomic E-state index is 15.1. The number of hydrogen-bond donors (Lipinski definition) is 2. The first kappa shape index (κ1) is 25.2. The maximum atomic E-state index is 15.1. The molecule has 198 valence electrons. The van der Waals surface area contributed by atoms with Crippen molar-refractivity contribution in [3.63, 3.8) is 0 Å². The number of ether oxygens (including phenoxy) is 1. The van der Waals surface area contributed by atoms with Gasteiger partial charge < -0.3 is 15.4 Å². The molecule has 5 rings (SSSR count). The van der Waals surface area contributed by atoms with Crippen LogP contribution in [0.3, 0.4) is 0 Å². The van der Waals surface area contributed by atoms with Gasteiger partial charge in [-0.15, -0.1) is 5.10 Å². The van der Waals surface area contributed by atoms with Crippen molar-refractivity contribution in [3.05, 3.63) is 35.4 Å². The number of guanidine groups is 1. The van der Waals surface area contributed by atoms with Crippen molar-refractivity contribution in [2.75, 3.05) is 11.9 Å². The molecule has 37 heavy (non-hydrogen) atoms. The van der Waals surface area contributed by atoms with Gasteiger partial charge in [0.2, 0.25) is 5.96 Å². The number of aromatic nitrogens is 4. The van der Waals surface area contributed by atoms with Gasteiger partial charge in [0.25, 0.3) is 0 Å². The van der Waals surface area contributed by atoms with Crippen LogP contribution in [0.4, 0.5) is 14.5 Å². The number of halogens is 2. The Hall–Kier alpha value is -3.41. The standard InChI is InChI=1S/C25H33F2N9O/c1-14(26)21(29-16-10-17-8-7-9-35(17)24(2,3)13-16)31-23(28-6)30-15-11-18(27)20-19(12-15)36-22(32-33-34-36)25(4,5)37-20/h11-12,16-17,29H,6-10,13H2,1-5H3,(H,30,31)/b21-14+/t16-,17+/m1/s1. The SMILES string of the molecule is C=NC(=N/C(N[C@@H]1C[C@@H]2CCCN2C(C)(C)C1)=C(\C)F)Nc1cc(F)c2c(c1)-n1nnnc1C(C)(C)O2. The number of tetrazole rings is 1. The summed E-state index contributed by atoms with van der Waals surface area (Å²) in [6.07, 6.45) is 4.11. The summed E-state index contributed by atoms with van der Waals surface area (Å²) in [6.45, 7) is 14.0. The highest BCUT2D eigenvalue weighted by Gasteiger charge is 2.43. The minimum Gasteiger partial charge on any atom is -0.474 e. The zero-order valence-corrected chi connectivity index (χ0v) is 21.8. The number of hydrogen-bond acceptors (Lipinski definition) is 7. The summed E-state index contributed by atoms with van der Waals surface area (Å²) in [5, 5.41) is 17.9. The monoisotopic (exact) mass is 513 g/mol. The topological polar surface area (TPSA) is 105 Å². The molecule has 2 aromatic rings. The Balaban J connectivity index is 1.39. The van der Waals surface area contributed by atoms with Crippen LogP contribution in [0.2, 0.25) is 0 Å². The third-order valence-corrected chi connectivity index (χ3v) is 7.37. The Bertz CT molecular complexity index is 1280. The van der Waals surface area contributed by atoms with Crippen LogP contribution in [0.5, 0.6) is 5.75 Å². The third-order valence-electron chi connectivity index (χ3n) is 7.37. The van der Waals surface area contributed by atoms with E-state index in [-0.39, 0.29) is 29.1 Å². The molecule has 0 saturated carbocycles. The van der Waals surface area contributed by atoms with Gasteiger partial charge in [-0.1, -0.05) is 0 Å². The number of rotatable bonds is 4. The number of allylic oxidation sites excluding steroid dienone is 1. The highest BCUT2D eigenvalue weighted by Crippen LogP contribution is 2.40. The number of aliphatic imine (C=N–C) groups is 2. The van der Waals surface area contributed by atoms with Crippen LogP contribution in [0.25, 0.3) is 5.69 Å². The lowest BCUT2D eigenvalue weighted by Gasteiger charge is -2.48. The van der Waals surface area contributed by atoms with Crippen LogP contribution in [-0.2, 0) is 5.60 Å². The largest absolute Gasteiger partial charge is 0.474 e. The Morgan fingerprint density at radius 3 is 2.78 bits per heavy atom. The van der Waals surface area contributed by atoms with Crippen LogP contribution in [0.15, 0.2) is 33.8 Å². The molecular weight excluding hydrogens is 480 g/mol. The molecule has 2 atom stereocenters. The zero-order chi connectivity index (χ0) is 26.5. The van der Waals surface area contributed by atoms with E-state index in [2.05, 4.69) is 61.6 Å². The summed E-state index contributed by atoms with van der Waals surface area (Å²) in [4.78, 5) is 10.8. The normalized spacial score (nSPS) is 24.8. The molecule has 12 heteroatoms. The predicted octanol–water partition coefficient (Wildman–Crippen LogP) is 4.05. The summed E-state index contributed by atoms with van der Waals surface area (Å²) in [7, 11) is 0. The molecule has 1 aromatic heterocycles. The number of benzene rings is 1. The lowest BCUT2D eigenvalue weighted by molar-refractivity contribution is 0.0398. The Kier molecular flexibility index (Phi) is 6.25. The van der Waals surface area contributed by atoms with Crippen LogP contribution < -0.4 is 15.4 Å². The fraction of sp³-hybridized carbons (Fsp3) is 0.560. The average molecular weight is 514 g/mol. The van der Waals surface area contributed by atoms with Crippen molar-refractivity contribution >= 4 is 18.4 Å². The highest BCUT2D eigenvalue weighted by molar-refractivity contribution is 5.97. The van der Waals surface area contributed by atoms with E-state index < -0.39 is 17.2 Å². The van der Waals surface area contributed by atoms with Crippen molar-refractivity contribution in [2.24, 2.45) is 9.98 Å². The summed E-state index contributed by atoms with van der Waals surface area (Å²) < 4.78 is 37.0. The number of nitrogens with zero attached hydrogens (tertiary/aromatic N) is 7. The van der Waals surface area contributed by atoms with E-state index in [0.717, 1.165) is 25.8 Å². The molecule has 0 aliphatic carbocycles. The van der Waals surface area contributed by atoms with Gasteiger partial charge in [-0.25, -0.2) is 13.8 Å². The second-order valence-electron chi connectivity index (χ2n) is 11.0. The first-order chi connectivity index (χ1) is 17.5. The average Bonchev–Trinajstić information content (AvgIpc) is 3.49. The van der Waals surface area contributed by atoms with Crippen molar-refractivity contribution in [1.82, 2.24) is 30.4 Å². The molecule has 0 radical (unpaired) electrons. The number of nitrogens with one attached hydrogen (secondary N) is 2. The molecule has 3 aliphatic rings. The van der Waals surface area contributed by atoms with Crippen molar-refractivity contribution in [3.8, 4) is 11.4 Å². The van der Waals surface area contributed by atoms with Crippen molar-refractivity contribution in [1.29, 1.82) is 0 Å². The molecular formula is C25H33F2N9O. The lowest BCUT2D eigenvalue weighted by atomic mass is 9.84. The van der Waals surface area contributed by atoms with Crippen LogP contribution in [0.1, 0.15) is 66.1 Å². The van der Waals surface area contributed by atoms with Crippen molar-refractivity contribution in [2.45, 2.75) is 83.5 Å². The molecule has 2 fully saturated rings. The quantitative estimate of drug-likeness (QED) is 0.469. The molecule has 0 amide bonds. The van der Waals surface area contributed by atoms with Gasteiger partial charge in [0.15, 0.2) is 28.8 Å². The summed E-state index contributed by atoms with van der Waals surface area (Å²) >= 11 is 0. The van der Waals surface area contributed by atoms with Gasteiger partial charge in [0.1, 0.15) is 11.5 Å².